The van der Waals surface area contributed by atoms with Crippen molar-refractivity contribution in [1.29, 1.82) is 0 Å². The average molecular weight is 471 g/mol. The Morgan fingerprint density at radius 1 is 0.969 bits per heavy atom. The Kier molecular flexibility index (Phi) is 11.0. The van der Waals surface area contributed by atoms with Gasteiger partial charge in [-0.05, 0) is 23.6 Å². The Morgan fingerprint density at radius 3 is 2.00 bits per heavy atom. The Balaban J connectivity index is 2.88. The van der Waals surface area contributed by atoms with Gasteiger partial charge in [-0.15, -0.1) is 0 Å². The number of amides is 3. The molecule has 3 amide bonds. The van der Waals surface area contributed by atoms with Crippen LogP contribution in [0.15, 0.2) is 24.3 Å². The van der Waals surface area contributed by atoms with Gasteiger partial charge < -0.3 is 37.0 Å². The number of thiol groups is 1. The third-order valence-electron chi connectivity index (χ3n) is 4.59. The van der Waals surface area contributed by atoms with E-state index in [1.807, 2.05) is 0 Å². The first-order valence-electron chi connectivity index (χ1n) is 9.89. The van der Waals surface area contributed by atoms with Gasteiger partial charge in [0, 0.05) is 12.2 Å². The maximum absolute atomic E-state index is 12.8. The molecule has 11 nitrogen and oxygen atoms in total. The first kappa shape index (κ1) is 27.2. The van der Waals surface area contributed by atoms with Gasteiger partial charge in [0.05, 0.1) is 12.6 Å². The zero-order valence-electron chi connectivity index (χ0n) is 17.8. The topological polar surface area (TPSA) is 191 Å². The fourth-order valence-electron chi connectivity index (χ4n) is 2.67. The summed E-state index contributed by atoms with van der Waals surface area (Å²) in [6.45, 7) is 2.55. The highest BCUT2D eigenvalue weighted by atomic mass is 32.1. The van der Waals surface area contributed by atoms with Crippen LogP contribution < -0.4 is 21.7 Å². The van der Waals surface area contributed by atoms with Crippen molar-refractivity contribution in [2.45, 2.75) is 44.4 Å². The monoisotopic (exact) mass is 470 g/mol. The highest BCUT2D eigenvalue weighted by molar-refractivity contribution is 7.80. The molecule has 0 heterocycles. The number of hydrogen-bond acceptors (Lipinski definition) is 8. The highest BCUT2D eigenvalue weighted by Crippen LogP contribution is 2.12. The Labute approximate surface area is 191 Å². The first-order valence-corrected chi connectivity index (χ1v) is 10.5. The number of carboxylic acids is 1. The Bertz CT molecular complexity index is 804. The first-order chi connectivity index (χ1) is 15.0. The molecule has 32 heavy (non-hydrogen) atoms. The van der Waals surface area contributed by atoms with E-state index in [4.69, 9.17) is 5.73 Å². The van der Waals surface area contributed by atoms with E-state index >= 15 is 0 Å². The van der Waals surface area contributed by atoms with Gasteiger partial charge in [0.25, 0.3) is 0 Å². The third kappa shape index (κ3) is 8.36. The van der Waals surface area contributed by atoms with Crippen molar-refractivity contribution < 1.29 is 34.5 Å². The van der Waals surface area contributed by atoms with Crippen molar-refractivity contribution in [1.82, 2.24) is 16.0 Å². The van der Waals surface area contributed by atoms with Crippen LogP contribution in [-0.4, -0.2) is 75.5 Å². The number of carbonyl (C=O) groups excluding carboxylic acids is 3. The quantitative estimate of drug-likeness (QED) is 0.167. The molecule has 0 aliphatic heterocycles. The second-order valence-electron chi connectivity index (χ2n) is 7.53. The van der Waals surface area contributed by atoms with Crippen molar-refractivity contribution in [2.75, 3.05) is 12.4 Å². The number of aliphatic hydroxyl groups excluding tert-OH is 1. The van der Waals surface area contributed by atoms with Gasteiger partial charge in [-0.3, -0.25) is 14.4 Å². The lowest BCUT2D eigenvalue weighted by Crippen LogP contribution is -2.59. The molecule has 0 aliphatic carbocycles. The molecule has 4 atom stereocenters. The maximum atomic E-state index is 12.8. The van der Waals surface area contributed by atoms with Crippen LogP contribution in [0.1, 0.15) is 19.4 Å². The van der Waals surface area contributed by atoms with E-state index in [0.29, 0.717) is 5.56 Å². The molecule has 8 N–H and O–H groups in total. The summed E-state index contributed by atoms with van der Waals surface area (Å²) in [6, 6.07) is 1.11. The van der Waals surface area contributed by atoms with Crippen molar-refractivity contribution in [3.63, 3.8) is 0 Å². The van der Waals surface area contributed by atoms with Crippen LogP contribution in [0.4, 0.5) is 0 Å². The number of benzene rings is 1. The van der Waals surface area contributed by atoms with Crippen molar-refractivity contribution in [3.8, 4) is 5.75 Å². The standard InChI is InChI=1S/C20H30N4O7S/c1-10(2)16(24-18(28)15(8-25)23-17(27)13(21)9-32)19(29)22-14(20(30)31)7-11-3-5-12(26)6-4-11/h3-6,10,13-16,25-26,32H,7-9,21H2,1-2H3,(H,22,29)(H,23,27)(H,24,28)(H,30,31)/t13-,14-,15+,16-/m0/s1. The molecule has 0 radical (unpaired) electrons. The number of nitrogens with two attached hydrogens (primary N) is 1. The van der Waals surface area contributed by atoms with Gasteiger partial charge in [-0.2, -0.15) is 12.6 Å². The van der Waals surface area contributed by atoms with Gasteiger partial charge in [0.2, 0.25) is 17.7 Å². The van der Waals surface area contributed by atoms with E-state index in [1.54, 1.807) is 13.8 Å². The molecular weight excluding hydrogens is 440 g/mol. The molecule has 1 aromatic rings. The summed E-state index contributed by atoms with van der Waals surface area (Å²) >= 11 is 3.89. The second-order valence-corrected chi connectivity index (χ2v) is 7.90. The number of carbonyl (C=O) groups is 4. The van der Waals surface area contributed by atoms with Gasteiger partial charge in [-0.25, -0.2) is 4.79 Å². The third-order valence-corrected chi connectivity index (χ3v) is 4.98. The smallest absolute Gasteiger partial charge is 0.326 e. The summed E-state index contributed by atoms with van der Waals surface area (Å²) in [5.41, 5.74) is 6.11. The SMILES string of the molecule is CC(C)[C@H](NC(=O)[C@@H](CO)NC(=O)[C@@H](N)CS)C(=O)N[C@@H](Cc1ccc(O)cc1)C(=O)O. The van der Waals surface area contributed by atoms with Crippen LogP contribution >= 0.6 is 12.6 Å². The molecule has 178 valence electrons. The molecule has 0 saturated carbocycles. The zero-order chi connectivity index (χ0) is 24.4. The number of rotatable bonds is 12. The van der Waals surface area contributed by atoms with Gasteiger partial charge >= 0.3 is 5.97 Å². The number of hydrogen-bond donors (Lipinski definition) is 8. The summed E-state index contributed by atoms with van der Waals surface area (Å²) in [4.78, 5) is 48.8. The lowest BCUT2D eigenvalue weighted by atomic mass is 10.0. The fraction of sp³-hybridized carbons (Fsp3) is 0.500. The Hall–Kier alpha value is -2.83. The van der Waals surface area contributed by atoms with Gasteiger partial charge in [-0.1, -0.05) is 26.0 Å². The second kappa shape index (κ2) is 12.9. The van der Waals surface area contributed by atoms with Crippen molar-refractivity contribution >= 4 is 36.3 Å². The normalized spacial score (nSPS) is 14.7. The van der Waals surface area contributed by atoms with Crippen molar-refractivity contribution in [2.24, 2.45) is 11.7 Å². The molecule has 0 unspecified atom stereocenters. The number of nitrogens with one attached hydrogen (secondary N) is 3. The van der Waals surface area contributed by atoms with Gasteiger partial charge in [0.1, 0.15) is 23.9 Å². The maximum Gasteiger partial charge on any atom is 0.326 e. The molecule has 1 aromatic carbocycles. The minimum atomic E-state index is -1.35. The molecule has 12 heteroatoms. The minimum Gasteiger partial charge on any atom is -0.508 e. The summed E-state index contributed by atoms with van der Waals surface area (Å²) in [6.07, 6.45) is -0.0446. The number of aliphatic hydroxyl groups is 1. The molecular formula is C20H30N4O7S. The predicted molar refractivity (Wildman–Crippen MR) is 119 cm³/mol. The molecule has 0 saturated heterocycles. The highest BCUT2D eigenvalue weighted by Gasteiger charge is 2.31. The molecule has 0 bridgehead atoms. The van der Waals surface area contributed by atoms with E-state index < -0.39 is 60.4 Å². The van der Waals surface area contributed by atoms with Crippen LogP contribution in [0.3, 0.4) is 0 Å². The average Bonchev–Trinajstić information content (AvgIpc) is 2.75. The summed E-state index contributed by atoms with van der Waals surface area (Å²) in [7, 11) is 0. The van der Waals surface area contributed by atoms with E-state index in [2.05, 4.69) is 28.6 Å². The van der Waals surface area contributed by atoms with Crippen molar-refractivity contribution in [3.05, 3.63) is 29.8 Å². The van der Waals surface area contributed by atoms with E-state index in [-0.39, 0.29) is 17.9 Å². The van der Waals surface area contributed by atoms with Crippen LogP contribution in [0.25, 0.3) is 0 Å². The number of aliphatic carboxylic acids is 1. The molecule has 0 fully saturated rings. The summed E-state index contributed by atoms with van der Waals surface area (Å²) in [5.74, 6) is -3.92. The largest absolute Gasteiger partial charge is 0.508 e. The van der Waals surface area contributed by atoms with Crippen LogP contribution in [0, 0.1) is 5.92 Å². The summed E-state index contributed by atoms with van der Waals surface area (Å²) in [5, 5.41) is 35.4. The van der Waals surface area contributed by atoms with E-state index in [0.717, 1.165) is 0 Å². The lowest BCUT2D eigenvalue weighted by molar-refractivity contribution is -0.142. The van der Waals surface area contributed by atoms with Crippen LogP contribution in [-0.2, 0) is 25.6 Å². The van der Waals surface area contributed by atoms with E-state index in [9.17, 15) is 34.5 Å². The number of aromatic hydroxyl groups is 1. The number of phenols is 1. The van der Waals surface area contributed by atoms with Gasteiger partial charge in [0.15, 0.2) is 0 Å². The minimum absolute atomic E-state index is 0.0214. The summed E-state index contributed by atoms with van der Waals surface area (Å²) < 4.78 is 0. The van der Waals surface area contributed by atoms with E-state index in [1.165, 1.54) is 24.3 Å². The molecule has 0 aromatic heterocycles. The van der Waals surface area contributed by atoms with Crippen LogP contribution in [0.5, 0.6) is 5.75 Å². The lowest BCUT2D eigenvalue weighted by Gasteiger charge is -2.26. The number of phenolic OH excluding ortho intramolecular Hbond substituents is 1. The fourth-order valence-corrected chi connectivity index (χ4v) is 2.84. The Morgan fingerprint density at radius 2 is 1.53 bits per heavy atom. The molecule has 1 rings (SSSR count). The number of carboxylic acid groups (broad SMARTS) is 1. The van der Waals surface area contributed by atoms with Crippen LogP contribution in [0.2, 0.25) is 0 Å². The zero-order valence-corrected chi connectivity index (χ0v) is 18.7. The molecule has 0 aliphatic rings. The predicted octanol–water partition coefficient (Wildman–Crippen LogP) is -1.62. The molecule has 0 spiro atoms.